The zero-order valence-corrected chi connectivity index (χ0v) is 11.1. The van der Waals surface area contributed by atoms with E-state index in [2.05, 4.69) is 9.98 Å². The third-order valence-corrected chi connectivity index (χ3v) is 2.97. The molecule has 0 aromatic rings. The van der Waals surface area contributed by atoms with Crippen LogP contribution in [0.5, 0.6) is 0 Å². The number of piperidine rings is 1. The number of hydrogen-bond acceptors (Lipinski definition) is 5. The predicted molar refractivity (Wildman–Crippen MR) is 69.8 cm³/mol. The van der Waals surface area contributed by atoms with E-state index in [1.807, 2.05) is 20.8 Å². The van der Waals surface area contributed by atoms with Crippen LogP contribution in [0.4, 0.5) is 4.79 Å². The molecule has 2 heterocycles. The van der Waals surface area contributed by atoms with Crippen LogP contribution in [0.25, 0.3) is 0 Å². The van der Waals surface area contributed by atoms with Crippen molar-refractivity contribution < 1.29 is 9.53 Å². The third-order valence-electron chi connectivity index (χ3n) is 2.97. The van der Waals surface area contributed by atoms with Crippen molar-refractivity contribution in [3.63, 3.8) is 0 Å². The van der Waals surface area contributed by atoms with Crippen LogP contribution in [0, 0.1) is 5.92 Å². The second-order valence-corrected chi connectivity index (χ2v) is 5.71. The number of nitrogens with zero attached hydrogens (tertiary/aromatic N) is 3. The number of nitrogens with two attached hydrogens (primary N) is 1. The number of carbonyl (C=O) groups is 1. The van der Waals surface area contributed by atoms with Gasteiger partial charge in [0.25, 0.3) is 0 Å². The van der Waals surface area contributed by atoms with Gasteiger partial charge in [0.05, 0.1) is 6.04 Å². The summed E-state index contributed by atoms with van der Waals surface area (Å²) in [7, 11) is 0. The highest BCUT2D eigenvalue weighted by molar-refractivity contribution is 5.89. The van der Waals surface area contributed by atoms with E-state index in [1.54, 1.807) is 11.1 Å². The third kappa shape index (κ3) is 3.00. The van der Waals surface area contributed by atoms with E-state index in [0.29, 0.717) is 19.0 Å². The number of hydrogen-bond donors (Lipinski definition) is 1. The molecule has 0 aromatic carbocycles. The zero-order valence-electron chi connectivity index (χ0n) is 11.1. The molecule has 0 aliphatic carbocycles. The van der Waals surface area contributed by atoms with E-state index in [4.69, 9.17) is 10.5 Å². The van der Waals surface area contributed by atoms with Gasteiger partial charge < -0.3 is 15.4 Å². The minimum absolute atomic E-state index is 0.151. The van der Waals surface area contributed by atoms with E-state index in [1.165, 1.54) is 0 Å². The van der Waals surface area contributed by atoms with Crippen LogP contribution in [0.15, 0.2) is 9.98 Å². The molecule has 1 saturated heterocycles. The molecular formula is C12H20N4O2. The molecule has 0 radical (unpaired) electrons. The average Bonchev–Trinajstić information content (AvgIpc) is 2.26. The number of aliphatic imine (C=N–C) groups is 2. The highest BCUT2D eigenvalue weighted by Crippen LogP contribution is 2.22. The Bertz CT molecular complexity index is 397. The summed E-state index contributed by atoms with van der Waals surface area (Å²) in [5, 5.41) is 0. The minimum Gasteiger partial charge on any atom is -0.444 e. The zero-order chi connectivity index (χ0) is 13.3. The lowest BCUT2D eigenvalue weighted by molar-refractivity contribution is 0.0183. The lowest BCUT2D eigenvalue weighted by Crippen LogP contribution is -2.49. The van der Waals surface area contributed by atoms with Crippen molar-refractivity contribution in [1.29, 1.82) is 0 Å². The highest BCUT2D eigenvalue weighted by Gasteiger charge is 2.33. The standard InChI is InChI=1S/C12H20N4O2/c1-12(2,3)18-11(17)16-5-4-9-8(7-16)6-14-10(13)15-9/h6,8-9H,4-5,7H2,1-3H3,(H2,13,15). The first-order valence-corrected chi connectivity index (χ1v) is 6.20. The van der Waals surface area contributed by atoms with Gasteiger partial charge in [-0.25, -0.2) is 14.8 Å². The molecule has 0 bridgehead atoms. The molecule has 100 valence electrons. The van der Waals surface area contributed by atoms with Crippen LogP contribution in [-0.4, -0.2) is 47.9 Å². The van der Waals surface area contributed by atoms with E-state index in [-0.39, 0.29) is 18.1 Å². The molecule has 18 heavy (non-hydrogen) atoms. The average molecular weight is 252 g/mol. The number of guanidine groups is 1. The van der Waals surface area contributed by atoms with E-state index in [9.17, 15) is 4.79 Å². The van der Waals surface area contributed by atoms with E-state index >= 15 is 0 Å². The molecule has 2 atom stereocenters. The molecule has 6 nitrogen and oxygen atoms in total. The molecule has 2 unspecified atom stereocenters. The maximum Gasteiger partial charge on any atom is 0.410 e. The molecule has 0 aromatic heterocycles. The summed E-state index contributed by atoms with van der Waals surface area (Å²) in [4.78, 5) is 22.0. The molecule has 2 N–H and O–H groups in total. The summed E-state index contributed by atoms with van der Waals surface area (Å²) in [6.45, 7) is 6.85. The predicted octanol–water partition coefficient (Wildman–Crippen LogP) is 1.01. The first-order chi connectivity index (χ1) is 8.35. The molecule has 1 amide bonds. The number of amides is 1. The second-order valence-electron chi connectivity index (χ2n) is 5.71. The highest BCUT2D eigenvalue weighted by atomic mass is 16.6. The Kier molecular flexibility index (Phi) is 3.28. The summed E-state index contributed by atoms with van der Waals surface area (Å²) in [6, 6.07) is 0.154. The van der Waals surface area contributed by atoms with Crippen LogP contribution in [0.1, 0.15) is 27.2 Å². The minimum atomic E-state index is -0.461. The van der Waals surface area contributed by atoms with Gasteiger partial charge in [0, 0.05) is 25.2 Å². The largest absolute Gasteiger partial charge is 0.444 e. The molecule has 2 rings (SSSR count). The van der Waals surface area contributed by atoms with Gasteiger partial charge in [0.1, 0.15) is 5.60 Å². The molecule has 1 fully saturated rings. The van der Waals surface area contributed by atoms with Gasteiger partial charge in [-0.3, -0.25) is 0 Å². The molecule has 6 heteroatoms. The van der Waals surface area contributed by atoms with Crippen molar-refractivity contribution in [3.05, 3.63) is 0 Å². The summed E-state index contributed by atoms with van der Waals surface area (Å²) < 4.78 is 5.36. The number of ether oxygens (including phenoxy) is 1. The summed E-state index contributed by atoms with van der Waals surface area (Å²) in [5.41, 5.74) is 5.11. The van der Waals surface area contributed by atoms with Crippen LogP contribution >= 0.6 is 0 Å². The Hall–Kier alpha value is -1.59. The van der Waals surface area contributed by atoms with E-state index in [0.717, 1.165) is 6.42 Å². The fraction of sp³-hybridized carbons (Fsp3) is 0.750. The Morgan fingerprint density at radius 3 is 2.94 bits per heavy atom. The van der Waals surface area contributed by atoms with Gasteiger partial charge in [-0.1, -0.05) is 0 Å². The molecule has 0 spiro atoms. The van der Waals surface area contributed by atoms with Crippen molar-refractivity contribution >= 4 is 18.3 Å². The normalized spacial score (nSPS) is 27.5. The van der Waals surface area contributed by atoms with Crippen molar-refractivity contribution in [3.8, 4) is 0 Å². The van der Waals surface area contributed by atoms with Gasteiger partial charge >= 0.3 is 6.09 Å². The molecule has 2 aliphatic rings. The quantitative estimate of drug-likeness (QED) is 0.698. The maximum atomic E-state index is 12.0. The van der Waals surface area contributed by atoms with Gasteiger partial charge in [0.2, 0.25) is 5.96 Å². The van der Waals surface area contributed by atoms with Crippen molar-refractivity contribution in [2.75, 3.05) is 13.1 Å². The van der Waals surface area contributed by atoms with Gasteiger partial charge in [0.15, 0.2) is 0 Å². The smallest absolute Gasteiger partial charge is 0.410 e. The van der Waals surface area contributed by atoms with Gasteiger partial charge in [-0.05, 0) is 27.2 Å². The summed E-state index contributed by atoms with van der Waals surface area (Å²) >= 11 is 0. The molecular weight excluding hydrogens is 232 g/mol. The summed E-state index contributed by atoms with van der Waals surface area (Å²) in [6.07, 6.45) is 2.33. The monoisotopic (exact) mass is 252 g/mol. The summed E-state index contributed by atoms with van der Waals surface area (Å²) in [5.74, 6) is 0.487. The van der Waals surface area contributed by atoms with Gasteiger partial charge in [-0.2, -0.15) is 0 Å². The number of rotatable bonds is 0. The SMILES string of the molecule is CC(C)(C)OC(=O)N1CCC2N=C(N)N=CC2C1. The van der Waals surface area contributed by atoms with Crippen LogP contribution in [-0.2, 0) is 4.74 Å². The second kappa shape index (κ2) is 4.59. The Morgan fingerprint density at radius 1 is 1.56 bits per heavy atom. The topological polar surface area (TPSA) is 80.3 Å². The number of likely N-dealkylation sites (tertiary alicyclic amines) is 1. The Balaban J connectivity index is 1.96. The lowest BCUT2D eigenvalue weighted by Gasteiger charge is -2.36. The Morgan fingerprint density at radius 2 is 2.28 bits per heavy atom. The van der Waals surface area contributed by atoms with Crippen LogP contribution in [0.2, 0.25) is 0 Å². The maximum absolute atomic E-state index is 12.0. The van der Waals surface area contributed by atoms with Crippen LogP contribution < -0.4 is 5.73 Å². The van der Waals surface area contributed by atoms with Crippen molar-refractivity contribution in [1.82, 2.24) is 4.90 Å². The fourth-order valence-electron chi connectivity index (χ4n) is 2.14. The first kappa shape index (κ1) is 12.9. The first-order valence-electron chi connectivity index (χ1n) is 6.20. The van der Waals surface area contributed by atoms with Crippen molar-refractivity contribution in [2.24, 2.45) is 21.6 Å². The van der Waals surface area contributed by atoms with Crippen LogP contribution in [0.3, 0.4) is 0 Å². The van der Waals surface area contributed by atoms with E-state index < -0.39 is 5.60 Å². The number of fused-ring (bicyclic) bond motifs is 1. The fourth-order valence-corrected chi connectivity index (χ4v) is 2.14. The Labute approximate surface area is 107 Å². The number of carbonyl (C=O) groups excluding carboxylic acids is 1. The lowest BCUT2D eigenvalue weighted by atomic mass is 9.93. The molecule has 2 aliphatic heterocycles. The molecule has 0 saturated carbocycles. The van der Waals surface area contributed by atoms with Crippen molar-refractivity contribution in [2.45, 2.75) is 38.8 Å². The van der Waals surface area contributed by atoms with Gasteiger partial charge in [-0.15, -0.1) is 0 Å².